The highest BCUT2D eigenvalue weighted by molar-refractivity contribution is 5.89. The molecule has 1 aromatic heterocycles. The quantitative estimate of drug-likeness (QED) is 0.151. The van der Waals surface area contributed by atoms with E-state index < -0.39 is 65.1 Å². The number of halogens is 7. The predicted molar refractivity (Wildman–Crippen MR) is 171 cm³/mol. The molecule has 0 aliphatic carbocycles. The van der Waals surface area contributed by atoms with Gasteiger partial charge in [0.25, 0.3) is 0 Å². The monoisotopic (exact) mass is 715 g/mol. The molecule has 266 valence electrons. The van der Waals surface area contributed by atoms with Crippen LogP contribution in [0.5, 0.6) is 5.75 Å². The first-order valence-electron chi connectivity index (χ1n) is 15.2. The van der Waals surface area contributed by atoms with E-state index >= 15 is 4.39 Å². The van der Waals surface area contributed by atoms with E-state index in [1.54, 1.807) is 38.1 Å². The minimum Gasteiger partial charge on any atom is -0.494 e. The minimum absolute atomic E-state index is 0.00341. The van der Waals surface area contributed by atoms with E-state index in [2.05, 4.69) is 4.98 Å². The summed E-state index contributed by atoms with van der Waals surface area (Å²) in [5, 5.41) is 9.41. The Hall–Kier alpha value is -5.60. The lowest BCUT2D eigenvalue weighted by Crippen LogP contribution is -2.32. The molecule has 3 aromatic carbocycles. The van der Waals surface area contributed by atoms with Crippen molar-refractivity contribution in [3.63, 3.8) is 0 Å². The molecule has 1 N–H and O–H groups in total. The van der Waals surface area contributed by atoms with Crippen molar-refractivity contribution in [2.75, 3.05) is 26.1 Å². The number of cyclic esters (lactones) is 1. The number of aromatic carboxylic acids is 1. The van der Waals surface area contributed by atoms with Gasteiger partial charge in [0.1, 0.15) is 5.82 Å². The average molecular weight is 716 g/mol. The molecule has 0 radical (unpaired) electrons. The van der Waals surface area contributed by atoms with E-state index in [-0.39, 0.29) is 22.9 Å². The molecular formula is C36H28F7N3O5. The summed E-state index contributed by atoms with van der Waals surface area (Å²) in [6, 6.07) is 7.85. The van der Waals surface area contributed by atoms with Crippen LogP contribution in [0.4, 0.5) is 41.3 Å². The highest BCUT2D eigenvalue weighted by Crippen LogP contribution is 2.48. The molecule has 6 rings (SSSR count). The lowest BCUT2D eigenvalue weighted by atomic mass is 9.91. The Balaban J connectivity index is 1.46. The summed E-state index contributed by atoms with van der Waals surface area (Å²) < 4.78 is 109. The summed E-state index contributed by atoms with van der Waals surface area (Å²) in [5.74, 6) is -1.60. The second-order valence-corrected chi connectivity index (χ2v) is 12.3. The maximum absolute atomic E-state index is 15.8. The fraction of sp³-hybridized carbons (Fsp3) is 0.250. The van der Waals surface area contributed by atoms with Crippen LogP contribution in [0.2, 0.25) is 0 Å². The van der Waals surface area contributed by atoms with Gasteiger partial charge in [0.2, 0.25) is 0 Å². The van der Waals surface area contributed by atoms with Gasteiger partial charge in [0, 0.05) is 31.4 Å². The van der Waals surface area contributed by atoms with E-state index in [4.69, 9.17) is 9.47 Å². The second-order valence-electron chi connectivity index (χ2n) is 12.3. The van der Waals surface area contributed by atoms with Gasteiger partial charge in [-0.25, -0.2) is 19.0 Å². The molecule has 1 amide bonds. The van der Waals surface area contributed by atoms with Gasteiger partial charge in [0.05, 0.1) is 35.9 Å². The molecule has 0 bridgehead atoms. The average Bonchev–Trinajstić information content (AvgIpc) is 3.64. The molecule has 3 atom stereocenters. The van der Waals surface area contributed by atoms with Crippen molar-refractivity contribution in [2.24, 2.45) is 0 Å². The zero-order valence-electron chi connectivity index (χ0n) is 27.2. The number of pyridine rings is 1. The molecule has 51 heavy (non-hydrogen) atoms. The number of carboxylic acid groups (broad SMARTS) is 1. The number of aromatic nitrogens is 1. The highest BCUT2D eigenvalue weighted by Gasteiger charge is 2.49. The van der Waals surface area contributed by atoms with Gasteiger partial charge >= 0.3 is 24.4 Å². The van der Waals surface area contributed by atoms with Gasteiger partial charge in [-0.15, -0.1) is 0 Å². The molecular weight excluding hydrogens is 687 g/mol. The zero-order chi connectivity index (χ0) is 37.2. The van der Waals surface area contributed by atoms with Crippen molar-refractivity contribution < 1.29 is 54.9 Å². The first-order valence-corrected chi connectivity index (χ1v) is 15.2. The number of nitrogens with zero attached hydrogens (tertiary/aromatic N) is 3. The van der Waals surface area contributed by atoms with E-state index in [9.17, 15) is 41.0 Å². The van der Waals surface area contributed by atoms with Crippen LogP contribution >= 0.6 is 0 Å². The summed E-state index contributed by atoms with van der Waals surface area (Å²) in [4.78, 5) is 32.4. The van der Waals surface area contributed by atoms with Gasteiger partial charge in [-0.3, -0.25) is 4.90 Å². The molecule has 0 unspecified atom stereocenters. The zero-order valence-corrected chi connectivity index (χ0v) is 27.2. The van der Waals surface area contributed by atoms with Crippen molar-refractivity contribution in [1.82, 2.24) is 9.88 Å². The number of benzene rings is 3. The normalized spacial score (nSPS) is 18.5. The first kappa shape index (κ1) is 35.2. The third-order valence-electron chi connectivity index (χ3n) is 8.83. The van der Waals surface area contributed by atoms with E-state index in [0.717, 1.165) is 0 Å². The lowest BCUT2D eigenvalue weighted by molar-refractivity contribution is -0.143. The molecule has 1 saturated heterocycles. The molecule has 0 spiro atoms. The van der Waals surface area contributed by atoms with Crippen LogP contribution in [-0.2, 0) is 17.1 Å². The van der Waals surface area contributed by atoms with Crippen LogP contribution in [0.1, 0.15) is 50.3 Å². The summed E-state index contributed by atoms with van der Waals surface area (Å²) in [5.41, 5.74) is -1.44. The maximum atomic E-state index is 15.8. The molecule has 0 saturated carbocycles. The number of hydrogen-bond acceptors (Lipinski definition) is 6. The van der Waals surface area contributed by atoms with Crippen molar-refractivity contribution in [3.05, 3.63) is 112 Å². The van der Waals surface area contributed by atoms with Gasteiger partial charge in [-0.05, 0) is 83.3 Å². The number of hydrogen-bond donors (Lipinski definition) is 1. The molecule has 1 fully saturated rings. The lowest BCUT2D eigenvalue weighted by Gasteiger charge is -2.26. The smallest absolute Gasteiger partial charge is 0.416 e. The Morgan fingerprint density at radius 3 is 2.16 bits per heavy atom. The molecule has 2 aliphatic heterocycles. The first-order chi connectivity index (χ1) is 23.9. The third kappa shape index (κ3) is 6.43. The highest BCUT2D eigenvalue weighted by atomic mass is 19.4. The molecule has 8 nitrogen and oxygen atoms in total. The Morgan fingerprint density at radius 2 is 1.59 bits per heavy atom. The SMILES string of the molecule is COc1cc(-c2cnc(N(C)C)cc2[C@@H]2C=C[C@H]3[C@@H](c4cc(C(F)(F)F)cc(C(F)(F)F)c4)OC(=O)N23)cc(-c2ccc(C(=O)O)cc2C)c1F. The topological polar surface area (TPSA) is 92.2 Å². The van der Waals surface area contributed by atoms with Crippen molar-refractivity contribution in [3.8, 4) is 28.0 Å². The molecule has 4 aromatic rings. The Morgan fingerprint density at radius 1 is 0.922 bits per heavy atom. The summed E-state index contributed by atoms with van der Waals surface area (Å²) in [6.45, 7) is 1.63. The Bertz CT molecular complexity index is 2060. The molecule has 3 heterocycles. The number of methoxy groups -OCH3 is 1. The standard InChI is InChI=1S/C36H28F7N3O5/c1-17-9-18(33(47)48)5-6-23(17)25-12-19(13-29(50-4)31(25)37)26-16-44-30(45(2)3)15-24(26)27-7-8-28-32(51-34(49)46(27)28)20-10-21(35(38,39)40)14-22(11-20)36(41,42)43/h5-16,27-28,32H,1-4H3,(H,47,48)/t27-,28-,32+/m0/s1. The summed E-state index contributed by atoms with van der Waals surface area (Å²) >= 11 is 0. The fourth-order valence-corrected chi connectivity index (χ4v) is 6.36. The van der Waals surface area contributed by atoms with Crippen LogP contribution in [-0.4, -0.2) is 54.3 Å². The van der Waals surface area contributed by atoms with Crippen LogP contribution in [0, 0.1) is 12.7 Å². The van der Waals surface area contributed by atoms with Gasteiger partial charge in [-0.1, -0.05) is 18.2 Å². The fourth-order valence-electron chi connectivity index (χ4n) is 6.36. The molecule has 2 aliphatic rings. The number of alkyl halides is 6. The minimum atomic E-state index is -5.10. The number of anilines is 1. The Labute approximate surface area is 286 Å². The third-order valence-corrected chi connectivity index (χ3v) is 8.83. The second kappa shape index (κ2) is 12.6. The number of fused-ring (bicyclic) bond motifs is 1. The number of carbonyl (C=O) groups excluding carboxylic acids is 1. The number of carboxylic acids is 1. The number of aryl methyl sites for hydroxylation is 1. The number of ether oxygens (including phenoxy) is 2. The van der Waals surface area contributed by atoms with Crippen molar-refractivity contribution >= 4 is 17.9 Å². The van der Waals surface area contributed by atoms with Crippen LogP contribution < -0.4 is 9.64 Å². The van der Waals surface area contributed by atoms with E-state index in [1.165, 1.54) is 54.6 Å². The van der Waals surface area contributed by atoms with Crippen LogP contribution in [0.15, 0.2) is 72.9 Å². The van der Waals surface area contributed by atoms with Gasteiger partial charge in [0.15, 0.2) is 17.7 Å². The van der Waals surface area contributed by atoms with Crippen molar-refractivity contribution in [2.45, 2.75) is 37.5 Å². The number of amides is 1. The molecule has 15 heteroatoms. The van der Waals surface area contributed by atoms with E-state index in [0.29, 0.717) is 45.8 Å². The van der Waals surface area contributed by atoms with Crippen molar-refractivity contribution in [1.29, 1.82) is 0 Å². The van der Waals surface area contributed by atoms with Gasteiger partial charge < -0.3 is 19.5 Å². The number of carbonyl (C=O) groups is 2. The summed E-state index contributed by atoms with van der Waals surface area (Å²) in [7, 11) is 4.70. The number of rotatable bonds is 7. The Kier molecular flexibility index (Phi) is 8.72. The van der Waals surface area contributed by atoms with Crippen LogP contribution in [0.3, 0.4) is 0 Å². The maximum Gasteiger partial charge on any atom is 0.416 e. The van der Waals surface area contributed by atoms with E-state index in [1.807, 2.05) is 0 Å². The van der Waals surface area contributed by atoms with Crippen LogP contribution in [0.25, 0.3) is 22.3 Å². The van der Waals surface area contributed by atoms with Gasteiger partial charge in [-0.2, -0.15) is 26.3 Å². The predicted octanol–water partition coefficient (Wildman–Crippen LogP) is 8.85. The summed E-state index contributed by atoms with van der Waals surface area (Å²) in [6.07, 6.45) is -8.13. The largest absolute Gasteiger partial charge is 0.494 e.